The number of benzene rings is 1. The van der Waals surface area contributed by atoms with Crippen molar-refractivity contribution in [3.63, 3.8) is 0 Å². The maximum Gasteiger partial charge on any atom is 0.240 e. The number of hydrogen-bond acceptors (Lipinski definition) is 3. The lowest BCUT2D eigenvalue weighted by atomic mass is 10.2. The lowest BCUT2D eigenvalue weighted by molar-refractivity contribution is 0.580. The van der Waals surface area contributed by atoms with Gasteiger partial charge in [0.15, 0.2) is 5.96 Å². The summed E-state index contributed by atoms with van der Waals surface area (Å²) in [7, 11) is -1.74. The monoisotopic (exact) mass is 324 g/mol. The zero-order valence-corrected chi connectivity index (χ0v) is 14.1. The van der Waals surface area contributed by atoms with Gasteiger partial charge < -0.3 is 10.6 Å². The lowest BCUT2D eigenvalue weighted by Crippen LogP contribution is -2.42. The molecule has 2 atom stereocenters. The molecule has 0 radical (unpaired) electrons. The summed E-state index contributed by atoms with van der Waals surface area (Å²) in [4.78, 5) is 4.41. The van der Waals surface area contributed by atoms with Gasteiger partial charge in [-0.15, -0.1) is 0 Å². The van der Waals surface area contributed by atoms with Crippen molar-refractivity contribution >= 4 is 16.0 Å². The van der Waals surface area contributed by atoms with E-state index in [2.05, 4.69) is 27.3 Å². The molecule has 1 aromatic carbocycles. The van der Waals surface area contributed by atoms with E-state index in [9.17, 15) is 8.42 Å². The van der Waals surface area contributed by atoms with Gasteiger partial charge in [-0.05, 0) is 31.4 Å². The summed E-state index contributed by atoms with van der Waals surface area (Å²) in [5.41, 5.74) is 1.03. The van der Waals surface area contributed by atoms with Crippen molar-refractivity contribution < 1.29 is 8.42 Å². The fourth-order valence-electron chi connectivity index (χ4n) is 2.06. The summed E-state index contributed by atoms with van der Waals surface area (Å²) >= 11 is 0. The standard InChI is InChI=1S/C15H24N4O2S/c1-11-4-6-13(7-5-11)22(20,21)18-9-8-17-15(16-3)19-14-10-12(14)2/h4-7,12,14,18H,8-10H2,1-3H3,(H2,16,17,19). The van der Waals surface area contributed by atoms with Crippen molar-refractivity contribution in [3.05, 3.63) is 29.8 Å². The molecule has 1 fully saturated rings. The summed E-state index contributed by atoms with van der Waals surface area (Å²) in [5, 5.41) is 6.39. The van der Waals surface area contributed by atoms with Crippen LogP contribution in [0.5, 0.6) is 0 Å². The third kappa shape index (κ3) is 4.71. The van der Waals surface area contributed by atoms with E-state index in [0.717, 1.165) is 12.0 Å². The minimum absolute atomic E-state index is 0.285. The Morgan fingerprint density at radius 3 is 2.45 bits per heavy atom. The summed E-state index contributed by atoms with van der Waals surface area (Å²) < 4.78 is 26.8. The van der Waals surface area contributed by atoms with Gasteiger partial charge >= 0.3 is 0 Å². The van der Waals surface area contributed by atoms with E-state index < -0.39 is 10.0 Å². The minimum atomic E-state index is -3.45. The largest absolute Gasteiger partial charge is 0.355 e. The van der Waals surface area contributed by atoms with Crippen LogP contribution in [0.4, 0.5) is 0 Å². The summed E-state index contributed by atoms with van der Waals surface area (Å²) in [5.74, 6) is 1.39. The molecule has 0 amide bonds. The molecular weight excluding hydrogens is 300 g/mol. The van der Waals surface area contributed by atoms with Gasteiger partial charge in [-0.1, -0.05) is 24.6 Å². The molecular formula is C15H24N4O2S. The molecule has 0 saturated heterocycles. The molecule has 1 saturated carbocycles. The van der Waals surface area contributed by atoms with Gasteiger partial charge in [0.2, 0.25) is 10.0 Å². The second-order valence-electron chi connectivity index (χ2n) is 5.67. The highest BCUT2D eigenvalue weighted by Gasteiger charge is 2.33. The number of nitrogens with one attached hydrogen (secondary N) is 3. The Morgan fingerprint density at radius 2 is 1.91 bits per heavy atom. The van der Waals surface area contributed by atoms with Gasteiger partial charge in [-0.25, -0.2) is 13.1 Å². The third-order valence-electron chi connectivity index (χ3n) is 3.70. The first-order valence-corrected chi connectivity index (χ1v) is 8.94. The molecule has 22 heavy (non-hydrogen) atoms. The van der Waals surface area contributed by atoms with Crippen LogP contribution in [0, 0.1) is 12.8 Å². The molecule has 0 aliphatic heterocycles. The van der Waals surface area contributed by atoms with Crippen molar-refractivity contribution in [2.45, 2.75) is 31.2 Å². The van der Waals surface area contributed by atoms with Crippen molar-refractivity contribution in [2.75, 3.05) is 20.1 Å². The fraction of sp³-hybridized carbons (Fsp3) is 0.533. The molecule has 1 aliphatic carbocycles. The van der Waals surface area contributed by atoms with E-state index >= 15 is 0 Å². The van der Waals surface area contributed by atoms with E-state index in [1.165, 1.54) is 0 Å². The molecule has 0 heterocycles. The molecule has 3 N–H and O–H groups in total. The van der Waals surface area contributed by atoms with Gasteiger partial charge in [0, 0.05) is 26.2 Å². The van der Waals surface area contributed by atoms with Crippen LogP contribution in [0.25, 0.3) is 0 Å². The molecule has 2 rings (SSSR count). The van der Waals surface area contributed by atoms with Crippen molar-refractivity contribution in [3.8, 4) is 0 Å². The van der Waals surface area contributed by atoms with Crippen LogP contribution in [-0.2, 0) is 10.0 Å². The van der Waals surface area contributed by atoms with Crippen molar-refractivity contribution in [1.29, 1.82) is 0 Å². The van der Waals surface area contributed by atoms with Crippen LogP contribution >= 0.6 is 0 Å². The molecule has 7 heteroatoms. The Hall–Kier alpha value is -1.60. The number of aryl methyl sites for hydroxylation is 1. The topological polar surface area (TPSA) is 82.6 Å². The highest BCUT2D eigenvalue weighted by atomic mass is 32.2. The smallest absolute Gasteiger partial charge is 0.240 e. The van der Waals surface area contributed by atoms with Gasteiger partial charge in [-0.2, -0.15) is 0 Å². The molecule has 0 aromatic heterocycles. The number of sulfonamides is 1. The predicted molar refractivity (Wildman–Crippen MR) is 88.4 cm³/mol. The molecule has 0 bridgehead atoms. The zero-order chi connectivity index (χ0) is 16.2. The van der Waals surface area contributed by atoms with Crippen LogP contribution in [0.3, 0.4) is 0 Å². The fourth-order valence-corrected chi connectivity index (χ4v) is 3.09. The number of hydrogen-bond donors (Lipinski definition) is 3. The molecule has 122 valence electrons. The Morgan fingerprint density at radius 1 is 1.27 bits per heavy atom. The number of rotatable bonds is 6. The SMILES string of the molecule is CN=C(NCCNS(=O)(=O)c1ccc(C)cc1)NC1CC1C. The second-order valence-corrected chi connectivity index (χ2v) is 7.44. The molecule has 6 nitrogen and oxygen atoms in total. The quantitative estimate of drug-likeness (QED) is 0.411. The first-order chi connectivity index (χ1) is 10.4. The molecule has 1 aromatic rings. The first-order valence-electron chi connectivity index (χ1n) is 7.46. The van der Waals surface area contributed by atoms with Gasteiger partial charge in [-0.3, -0.25) is 4.99 Å². The minimum Gasteiger partial charge on any atom is -0.355 e. The first kappa shape index (κ1) is 16.8. The maximum atomic E-state index is 12.1. The van der Waals surface area contributed by atoms with Crippen molar-refractivity contribution in [2.24, 2.45) is 10.9 Å². The highest BCUT2D eigenvalue weighted by molar-refractivity contribution is 7.89. The lowest BCUT2D eigenvalue weighted by Gasteiger charge is -2.12. The second kappa shape index (κ2) is 7.11. The summed E-state index contributed by atoms with van der Waals surface area (Å²) in [6.07, 6.45) is 1.15. The van der Waals surface area contributed by atoms with Gasteiger partial charge in [0.25, 0.3) is 0 Å². The van der Waals surface area contributed by atoms with Crippen LogP contribution in [0.1, 0.15) is 18.9 Å². The average Bonchev–Trinajstić information content (AvgIpc) is 3.18. The van der Waals surface area contributed by atoms with Crippen LogP contribution in [-0.4, -0.2) is 40.6 Å². The van der Waals surface area contributed by atoms with Gasteiger partial charge in [0.1, 0.15) is 0 Å². The average molecular weight is 324 g/mol. The molecule has 1 aliphatic rings. The van der Waals surface area contributed by atoms with E-state index in [0.29, 0.717) is 31.0 Å². The van der Waals surface area contributed by atoms with Crippen LogP contribution in [0.2, 0.25) is 0 Å². The Balaban J connectivity index is 1.76. The number of guanidine groups is 1. The van der Waals surface area contributed by atoms with E-state index in [1.807, 2.05) is 6.92 Å². The maximum absolute atomic E-state index is 12.1. The zero-order valence-electron chi connectivity index (χ0n) is 13.3. The Kier molecular flexibility index (Phi) is 5.42. The number of nitrogens with zero attached hydrogens (tertiary/aromatic N) is 1. The van der Waals surface area contributed by atoms with Crippen molar-refractivity contribution in [1.82, 2.24) is 15.4 Å². The van der Waals surface area contributed by atoms with E-state index in [4.69, 9.17) is 0 Å². The van der Waals surface area contributed by atoms with E-state index in [1.54, 1.807) is 31.3 Å². The molecule has 0 spiro atoms. The normalized spacial score (nSPS) is 21.5. The van der Waals surface area contributed by atoms with Crippen LogP contribution in [0.15, 0.2) is 34.2 Å². The number of aliphatic imine (C=N–C) groups is 1. The summed E-state index contributed by atoms with van der Waals surface area (Å²) in [6.45, 7) is 4.89. The van der Waals surface area contributed by atoms with E-state index in [-0.39, 0.29) is 4.90 Å². The Labute approximate surface area is 132 Å². The summed E-state index contributed by atoms with van der Waals surface area (Å²) in [6, 6.07) is 7.28. The Bertz CT molecular complexity index is 625. The third-order valence-corrected chi connectivity index (χ3v) is 5.17. The van der Waals surface area contributed by atoms with Gasteiger partial charge in [0.05, 0.1) is 4.90 Å². The van der Waals surface area contributed by atoms with Crippen LogP contribution < -0.4 is 15.4 Å². The predicted octanol–water partition coefficient (Wildman–Crippen LogP) is 0.847. The highest BCUT2D eigenvalue weighted by Crippen LogP contribution is 2.28. The molecule has 2 unspecified atom stereocenters.